The Morgan fingerprint density at radius 2 is 0.794 bits per heavy atom. The predicted octanol–water partition coefficient (Wildman–Crippen LogP) is 4.25. The molecule has 2 rings (SSSR count). The summed E-state index contributed by atoms with van der Waals surface area (Å²) >= 11 is 0. The minimum absolute atomic E-state index is 0. The van der Waals surface area contributed by atoms with Gasteiger partial charge in [0.05, 0.1) is 0 Å². The fourth-order valence-electron chi connectivity index (χ4n) is 2.93. The van der Waals surface area contributed by atoms with Crippen molar-refractivity contribution in [2.45, 2.75) is 38.5 Å². The average Bonchev–Trinajstić information content (AvgIpc) is 2.72. The van der Waals surface area contributed by atoms with Gasteiger partial charge in [0, 0.05) is 72.4 Å². The molecule has 0 amide bonds. The van der Waals surface area contributed by atoms with E-state index in [0.717, 1.165) is 0 Å². The molecule has 0 bridgehead atoms. The number of carbonyl (C=O) groups excluding carboxylic acids is 4. The van der Waals surface area contributed by atoms with Gasteiger partial charge < -0.3 is 22.9 Å². The zero-order valence-electron chi connectivity index (χ0n) is 18.3. The Balaban J connectivity index is -0.00000240. The summed E-state index contributed by atoms with van der Waals surface area (Å²) in [7, 11) is 0. The monoisotopic (exact) mass is 554 g/mol. The Hall–Kier alpha value is -2.52. The van der Waals surface area contributed by atoms with E-state index < -0.39 is 0 Å². The molecule has 8 N–H and O–H groups in total. The van der Waals surface area contributed by atoms with Crippen molar-refractivity contribution in [2.75, 3.05) is 22.9 Å². The quantitative estimate of drug-likeness (QED) is 0.235. The largest absolute Gasteiger partial charge is 0.399 e. The number of ketones is 4. The van der Waals surface area contributed by atoms with E-state index in [4.69, 9.17) is 22.9 Å². The number of nitrogen functional groups attached to an aromatic ring is 4. The van der Waals surface area contributed by atoms with Gasteiger partial charge in [-0.25, -0.2) is 0 Å². The highest BCUT2D eigenvalue weighted by Gasteiger charge is 2.15. The lowest BCUT2D eigenvalue weighted by Gasteiger charge is -2.06. The second kappa shape index (κ2) is 17.0. The van der Waals surface area contributed by atoms with Crippen molar-refractivity contribution in [2.24, 2.45) is 0 Å². The van der Waals surface area contributed by atoms with Crippen molar-refractivity contribution in [3.8, 4) is 0 Å². The molecular formula is C22H30Cl4N4O4. The molecule has 0 saturated carbocycles. The fraction of sp³-hybridized carbons (Fsp3) is 0.273. The topological polar surface area (TPSA) is 172 Å². The number of halogens is 4. The third kappa shape index (κ3) is 11.1. The maximum atomic E-state index is 12.2. The van der Waals surface area contributed by atoms with Gasteiger partial charge in [0.1, 0.15) is 11.6 Å². The third-order valence-electron chi connectivity index (χ3n) is 4.70. The molecule has 0 radical (unpaired) electrons. The van der Waals surface area contributed by atoms with Gasteiger partial charge in [0.2, 0.25) is 0 Å². The van der Waals surface area contributed by atoms with Crippen LogP contribution in [0.2, 0.25) is 0 Å². The average molecular weight is 556 g/mol. The number of rotatable bonds is 11. The van der Waals surface area contributed by atoms with Crippen molar-refractivity contribution in [1.29, 1.82) is 0 Å². The Labute approximate surface area is 223 Å². The molecule has 34 heavy (non-hydrogen) atoms. The van der Waals surface area contributed by atoms with Crippen LogP contribution in [-0.4, -0.2) is 23.1 Å². The molecule has 2 aromatic rings. The molecule has 0 spiro atoms. The second-order valence-corrected chi connectivity index (χ2v) is 7.12. The number of nitrogens with two attached hydrogens (primary N) is 4. The van der Waals surface area contributed by atoms with Crippen molar-refractivity contribution in [1.82, 2.24) is 0 Å². The van der Waals surface area contributed by atoms with Crippen molar-refractivity contribution in [3.05, 3.63) is 47.5 Å². The first-order valence-corrected chi connectivity index (χ1v) is 9.57. The Bertz CT molecular complexity index is 923. The normalized spacial score (nSPS) is 9.29. The molecular weight excluding hydrogens is 526 g/mol. The Morgan fingerprint density at radius 3 is 1.12 bits per heavy atom. The zero-order chi connectivity index (χ0) is 22.3. The second-order valence-electron chi connectivity index (χ2n) is 7.12. The van der Waals surface area contributed by atoms with E-state index in [1.54, 1.807) is 24.3 Å². The first-order valence-electron chi connectivity index (χ1n) is 9.57. The molecule has 0 aromatic heterocycles. The number of hydrogen-bond acceptors (Lipinski definition) is 8. The van der Waals surface area contributed by atoms with E-state index >= 15 is 0 Å². The van der Waals surface area contributed by atoms with Crippen LogP contribution >= 0.6 is 49.6 Å². The highest BCUT2D eigenvalue weighted by atomic mass is 35.5. The Kier molecular flexibility index (Phi) is 18.0. The molecule has 0 aliphatic heterocycles. The van der Waals surface area contributed by atoms with Crippen LogP contribution in [0, 0.1) is 0 Å². The number of anilines is 4. The van der Waals surface area contributed by atoms with Crippen LogP contribution in [0.1, 0.15) is 59.2 Å². The lowest BCUT2D eigenvalue weighted by molar-refractivity contribution is -0.124. The summed E-state index contributed by atoms with van der Waals surface area (Å²) in [5, 5.41) is 0. The highest BCUT2D eigenvalue weighted by Crippen LogP contribution is 2.20. The van der Waals surface area contributed by atoms with Gasteiger partial charge in [-0.05, 0) is 36.4 Å². The molecule has 0 saturated heterocycles. The Morgan fingerprint density at radius 1 is 0.500 bits per heavy atom. The fourth-order valence-corrected chi connectivity index (χ4v) is 2.93. The highest BCUT2D eigenvalue weighted by molar-refractivity contribution is 6.04. The lowest BCUT2D eigenvalue weighted by atomic mass is 9.99. The zero-order valence-corrected chi connectivity index (χ0v) is 21.5. The van der Waals surface area contributed by atoms with Crippen LogP contribution < -0.4 is 22.9 Å². The van der Waals surface area contributed by atoms with E-state index in [1.165, 1.54) is 12.1 Å². The molecule has 12 heteroatoms. The molecule has 0 aliphatic carbocycles. The van der Waals surface area contributed by atoms with Crippen molar-refractivity contribution >= 4 is 95.5 Å². The summed E-state index contributed by atoms with van der Waals surface area (Å²) < 4.78 is 0. The molecule has 0 unspecified atom stereocenters. The molecule has 0 atom stereocenters. The van der Waals surface area contributed by atoms with Gasteiger partial charge in [-0.1, -0.05) is 0 Å². The van der Waals surface area contributed by atoms with E-state index in [0.29, 0.717) is 33.9 Å². The van der Waals surface area contributed by atoms with E-state index in [9.17, 15) is 19.2 Å². The SMILES string of the molecule is Cl.Cl.Cl.Cl.Nc1ccc(N)c(C(=O)CCC(=O)CCC(=O)CCC(=O)c2cc(N)ccc2N)c1. The van der Waals surface area contributed by atoms with Gasteiger partial charge in [-0.3, -0.25) is 19.2 Å². The summed E-state index contributed by atoms with van der Waals surface area (Å²) in [6, 6.07) is 9.23. The van der Waals surface area contributed by atoms with Gasteiger partial charge >= 0.3 is 0 Å². The van der Waals surface area contributed by atoms with Crippen LogP contribution in [0.4, 0.5) is 22.7 Å². The molecule has 0 fully saturated rings. The van der Waals surface area contributed by atoms with Gasteiger partial charge in [-0.15, -0.1) is 49.6 Å². The first kappa shape index (κ1) is 36.1. The third-order valence-corrected chi connectivity index (χ3v) is 4.70. The van der Waals surface area contributed by atoms with Crippen LogP contribution in [0.3, 0.4) is 0 Å². The van der Waals surface area contributed by atoms with Crippen molar-refractivity contribution < 1.29 is 19.2 Å². The van der Waals surface area contributed by atoms with E-state index in [-0.39, 0.29) is 111 Å². The molecule has 2 aromatic carbocycles. The maximum Gasteiger partial charge on any atom is 0.165 e. The number of carbonyl (C=O) groups is 4. The summed E-state index contributed by atoms with van der Waals surface area (Å²) in [6.07, 6.45) is 0.0558. The smallest absolute Gasteiger partial charge is 0.165 e. The van der Waals surface area contributed by atoms with Crippen molar-refractivity contribution in [3.63, 3.8) is 0 Å². The summed E-state index contributed by atoms with van der Waals surface area (Å²) in [6.45, 7) is 0. The van der Waals surface area contributed by atoms with Crippen LogP contribution in [0.5, 0.6) is 0 Å². The molecule has 0 heterocycles. The number of Topliss-reactive ketones (excluding diaryl/α,β-unsaturated/α-hetero) is 4. The standard InChI is InChI=1S/C22H26N4O4.4ClH/c23-13-1-7-19(25)17(11-13)21(29)9-5-15(27)3-4-16(28)6-10-22(30)18-12-14(24)2-8-20(18)26;;;;/h1-2,7-8,11-12H,3-6,9-10,23-26H2;4*1H. The number of benzene rings is 2. The van der Waals surface area contributed by atoms with E-state index in [1.807, 2.05) is 0 Å². The molecule has 0 aliphatic rings. The number of hydrogen-bond donors (Lipinski definition) is 4. The van der Waals surface area contributed by atoms with Gasteiger partial charge in [0.15, 0.2) is 11.6 Å². The molecule has 8 nitrogen and oxygen atoms in total. The lowest BCUT2D eigenvalue weighted by Crippen LogP contribution is -2.10. The van der Waals surface area contributed by atoms with Gasteiger partial charge in [0.25, 0.3) is 0 Å². The van der Waals surface area contributed by atoms with Gasteiger partial charge in [-0.2, -0.15) is 0 Å². The molecule has 190 valence electrons. The first-order chi connectivity index (χ1) is 14.2. The summed E-state index contributed by atoms with van der Waals surface area (Å²) in [5.74, 6) is -0.953. The maximum absolute atomic E-state index is 12.2. The minimum Gasteiger partial charge on any atom is -0.399 e. The van der Waals surface area contributed by atoms with Crippen LogP contribution in [0.15, 0.2) is 36.4 Å². The van der Waals surface area contributed by atoms with Crippen LogP contribution in [-0.2, 0) is 9.59 Å². The minimum atomic E-state index is -0.273. The predicted molar refractivity (Wildman–Crippen MR) is 146 cm³/mol. The van der Waals surface area contributed by atoms with Crippen LogP contribution in [0.25, 0.3) is 0 Å². The summed E-state index contributed by atoms with van der Waals surface area (Å²) in [4.78, 5) is 48.5. The summed E-state index contributed by atoms with van der Waals surface area (Å²) in [5.41, 5.74) is 24.9. The van der Waals surface area contributed by atoms with E-state index in [2.05, 4.69) is 0 Å².